The summed E-state index contributed by atoms with van der Waals surface area (Å²) in [6.45, 7) is 8.56. The van der Waals surface area contributed by atoms with Crippen LogP contribution in [-0.2, 0) is 4.74 Å². The summed E-state index contributed by atoms with van der Waals surface area (Å²) in [5.41, 5.74) is 0.148. The first kappa shape index (κ1) is 13.3. The van der Waals surface area contributed by atoms with Gasteiger partial charge in [0.25, 0.3) is 0 Å². The Kier molecular flexibility index (Phi) is 4.11. The van der Waals surface area contributed by atoms with Gasteiger partial charge in [0.2, 0.25) is 0 Å². The van der Waals surface area contributed by atoms with E-state index in [4.69, 9.17) is 4.74 Å². The molecule has 1 saturated carbocycles. The zero-order chi connectivity index (χ0) is 12.4. The molecule has 0 aromatic rings. The van der Waals surface area contributed by atoms with Gasteiger partial charge in [0, 0.05) is 31.7 Å². The van der Waals surface area contributed by atoms with E-state index < -0.39 is 0 Å². The van der Waals surface area contributed by atoms with Gasteiger partial charge in [-0.3, -0.25) is 4.90 Å². The molecule has 0 unspecified atom stereocenters. The number of nitrogens with zero attached hydrogens (tertiary/aromatic N) is 1. The van der Waals surface area contributed by atoms with Crippen LogP contribution in [0, 0.1) is 5.41 Å². The van der Waals surface area contributed by atoms with Crippen molar-refractivity contribution in [1.82, 2.24) is 4.90 Å². The number of hydrogen-bond donors (Lipinski definition) is 1. The SMILES string of the molecule is CC1(C)CN(CC2(CO)CCCCC2)CCO1. The minimum atomic E-state index is -0.0242. The first-order chi connectivity index (χ1) is 8.05. The quantitative estimate of drug-likeness (QED) is 0.821. The highest BCUT2D eigenvalue weighted by Gasteiger charge is 2.36. The molecule has 1 N–H and O–H groups in total. The number of aliphatic hydroxyl groups is 1. The fourth-order valence-electron chi connectivity index (χ4n) is 3.39. The second-order valence-electron chi connectivity index (χ2n) is 6.54. The number of hydrogen-bond acceptors (Lipinski definition) is 3. The molecule has 1 heterocycles. The fraction of sp³-hybridized carbons (Fsp3) is 1.00. The van der Waals surface area contributed by atoms with Crippen molar-refractivity contribution >= 4 is 0 Å². The summed E-state index contributed by atoms with van der Waals surface area (Å²) in [7, 11) is 0. The Morgan fingerprint density at radius 3 is 2.47 bits per heavy atom. The van der Waals surface area contributed by atoms with Crippen LogP contribution >= 0.6 is 0 Å². The maximum atomic E-state index is 9.74. The van der Waals surface area contributed by atoms with Gasteiger partial charge in [0.1, 0.15) is 0 Å². The van der Waals surface area contributed by atoms with Crippen molar-refractivity contribution in [3.63, 3.8) is 0 Å². The van der Waals surface area contributed by atoms with E-state index in [9.17, 15) is 5.11 Å². The average molecular weight is 241 g/mol. The molecule has 2 aliphatic rings. The molecule has 0 atom stereocenters. The van der Waals surface area contributed by atoms with Gasteiger partial charge in [-0.15, -0.1) is 0 Å². The molecular formula is C14H27NO2. The summed E-state index contributed by atoms with van der Waals surface area (Å²) < 4.78 is 5.75. The Labute approximate surface area is 105 Å². The largest absolute Gasteiger partial charge is 0.396 e. The Hall–Kier alpha value is -0.120. The zero-order valence-corrected chi connectivity index (χ0v) is 11.4. The third kappa shape index (κ3) is 3.43. The minimum absolute atomic E-state index is 0.0242. The zero-order valence-electron chi connectivity index (χ0n) is 11.4. The van der Waals surface area contributed by atoms with Gasteiger partial charge < -0.3 is 9.84 Å². The molecule has 0 amide bonds. The van der Waals surface area contributed by atoms with E-state index in [1.807, 2.05) is 0 Å². The first-order valence-corrected chi connectivity index (χ1v) is 7.03. The van der Waals surface area contributed by atoms with Crippen molar-refractivity contribution in [2.24, 2.45) is 5.41 Å². The Morgan fingerprint density at radius 1 is 1.18 bits per heavy atom. The van der Waals surface area contributed by atoms with Gasteiger partial charge in [-0.25, -0.2) is 0 Å². The molecule has 3 nitrogen and oxygen atoms in total. The van der Waals surface area contributed by atoms with Crippen molar-refractivity contribution in [2.75, 3.05) is 32.8 Å². The predicted molar refractivity (Wildman–Crippen MR) is 69.1 cm³/mol. The lowest BCUT2D eigenvalue weighted by Gasteiger charge is -2.44. The molecule has 1 aliphatic carbocycles. The van der Waals surface area contributed by atoms with Gasteiger partial charge in [0.05, 0.1) is 12.2 Å². The van der Waals surface area contributed by atoms with Gasteiger partial charge in [-0.05, 0) is 26.7 Å². The van der Waals surface area contributed by atoms with Crippen molar-refractivity contribution in [1.29, 1.82) is 0 Å². The third-order valence-electron chi connectivity index (χ3n) is 4.31. The molecule has 0 aromatic heterocycles. The van der Waals surface area contributed by atoms with Crippen molar-refractivity contribution < 1.29 is 9.84 Å². The maximum absolute atomic E-state index is 9.74. The molecule has 0 spiro atoms. The van der Waals surface area contributed by atoms with Crippen LogP contribution in [0.2, 0.25) is 0 Å². The Bertz CT molecular complexity index is 247. The van der Waals surface area contributed by atoms with Gasteiger partial charge in [0.15, 0.2) is 0 Å². The number of aliphatic hydroxyl groups excluding tert-OH is 1. The number of ether oxygens (including phenoxy) is 1. The van der Waals surface area contributed by atoms with Crippen LogP contribution in [0.3, 0.4) is 0 Å². The summed E-state index contributed by atoms with van der Waals surface area (Å²) >= 11 is 0. The normalized spacial score (nSPS) is 29.1. The summed E-state index contributed by atoms with van der Waals surface area (Å²) in [6.07, 6.45) is 6.31. The van der Waals surface area contributed by atoms with Crippen molar-refractivity contribution in [3.8, 4) is 0 Å². The highest BCUT2D eigenvalue weighted by molar-refractivity contribution is 4.88. The van der Waals surface area contributed by atoms with Gasteiger partial charge in [-0.1, -0.05) is 19.3 Å². The van der Waals surface area contributed by atoms with Crippen LogP contribution < -0.4 is 0 Å². The van der Waals surface area contributed by atoms with Gasteiger partial charge >= 0.3 is 0 Å². The number of morpholine rings is 1. The second-order valence-corrected chi connectivity index (χ2v) is 6.54. The van der Waals surface area contributed by atoms with E-state index in [0.29, 0.717) is 6.61 Å². The number of rotatable bonds is 3. The van der Waals surface area contributed by atoms with E-state index in [2.05, 4.69) is 18.7 Å². The summed E-state index contributed by atoms with van der Waals surface area (Å²) in [4.78, 5) is 2.49. The Balaban J connectivity index is 1.93. The lowest BCUT2D eigenvalue weighted by molar-refractivity contribution is -0.100. The fourth-order valence-corrected chi connectivity index (χ4v) is 3.39. The molecule has 1 aliphatic heterocycles. The topological polar surface area (TPSA) is 32.7 Å². The molecule has 1 saturated heterocycles. The third-order valence-corrected chi connectivity index (χ3v) is 4.31. The van der Waals surface area contributed by atoms with Gasteiger partial charge in [-0.2, -0.15) is 0 Å². The highest BCUT2D eigenvalue weighted by atomic mass is 16.5. The van der Waals surface area contributed by atoms with Crippen LogP contribution in [0.4, 0.5) is 0 Å². The smallest absolute Gasteiger partial charge is 0.0753 e. The molecule has 2 rings (SSSR count). The van der Waals surface area contributed by atoms with Crippen molar-refractivity contribution in [2.45, 2.75) is 51.6 Å². The average Bonchev–Trinajstić information content (AvgIpc) is 2.29. The van der Waals surface area contributed by atoms with Crippen LogP contribution in [0.25, 0.3) is 0 Å². The van der Waals surface area contributed by atoms with E-state index in [1.165, 1.54) is 32.1 Å². The molecule has 100 valence electrons. The van der Waals surface area contributed by atoms with Crippen LogP contribution in [0.15, 0.2) is 0 Å². The minimum Gasteiger partial charge on any atom is -0.396 e. The maximum Gasteiger partial charge on any atom is 0.0753 e. The van der Waals surface area contributed by atoms with Crippen LogP contribution in [-0.4, -0.2) is 48.5 Å². The second kappa shape index (κ2) is 5.25. The monoisotopic (exact) mass is 241 g/mol. The Morgan fingerprint density at radius 2 is 1.88 bits per heavy atom. The lowest BCUT2D eigenvalue weighted by atomic mass is 9.74. The molecule has 2 fully saturated rings. The van der Waals surface area contributed by atoms with E-state index in [0.717, 1.165) is 26.2 Å². The van der Waals surface area contributed by atoms with Crippen LogP contribution in [0.5, 0.6) is 0 Å². The molecular weight excluding hydrogens is 214 g/mol. The van der Waals surface area contributed by atoms with E-state index in [1.54, 1.807) is 0 Å². The van der Waals surface area contributed by atoms with E-state index in [-0.39, 0.29) is 11.0 Å². The molecule has 0 radical (unpaired) electrons. The summed E-state index contributed by atoms with van der Waals surface area (Å²) in [6, 6.07) is 0. The molecule has 0 aromatic carbocycles. The highest BCUT2D eigenvalue weighted by Crippen LogP contribution is 2.37. The standard InChI is InChI=1S/C14H27NO2/c1-13(2)10-15(8-9-17-13)11-14(12-16)6-4-3-5-7-14/h16H,3-12H2,1-2H3. The molecule has 3 heteroatoms. The van der Waals surface area contributed by atoms with Crippen molar-refractivity contribution in [3.05, 3.63) is 0 Å². The summed E-state index contributed by atoms with van der Waals surface area (Å²) in [5.74, 6) is 0. The van der Waals surface area contributed by atoms with E-state index >= 15 is 0 Å². The van der Waals surface area contributed by atoms with Crippen LogP contribution in [0.1, 0.15) is 46.0 Å². The molecule has 0 bridgehead atoms. The lowest BCUT2D eigenvalue weighted by Crippen LogP contribution is -2.52. The predicted octanol–water partition coefficient (Wildman–Crippen LogP) is 2.04. The first-order valence-electron chi connectivity index (χ1n) is 7.03. The molecule has 17 heavy (non-hydrogen) atoms. The summed E-state index contributed by atoms with van der Waals surface area (Å²) in [5, 5.41) is 9.74.